The highest BCUT2D eigenvalue weighted by Crippen LogP contribution is 2.65. The van der Waals surface area contributed by atoms with Crippen molar-refractivity contribution in [2.75, 3.05) is 7.05 Å². The van der Waals surface area contributed by atoms with Crippen LogP contribution in [-0.4, -0.2) is 39.8 Å². The third kappa shape index (κ3) is 3.37. The van der Waals surface area contributed by atoms with E-state index in [1.807, 2.05) is 24.1 Å². The van der Waals surface area contributed by atoms with Crippen LogP contribution in [0.3, 0.4) is 0 Å². The lowest BCUT2D eigenvalue weighted by Crippen LogP contribution is -2.59. The molecule has 1 aromatic heterocycles. The Morgan fingerprint density at radius 1 is 1.19 bits per heavy atom. The maximum Gasteiger partial charge on any atom is 0.246 e. The van der Waals surface area contributed by atoms with E-state index in [9.17, 15) is 9.59 Å². The van der Waals surface area contributed by atoms with Crippen LogP contribution in [0, 0.1) is 34.5 Å². The molecule has 0 spiro atoms. The van der Waals surface area contributed by atoms with Crippen LogP contribution in [-0.2, 0) is 16.1 Å². The van der Waals surface area contributed by atoms with Gasteiger partial charge < -0.3 is 10.2 Å². The van der Waals surface area contributed by atoms with Crippen LogP contribution in [0.5, 0.6) is 0 Å². The van der Waals surface area contributed by atoms with Crippen LogP contribution in [0.4, 0.5) is 0 Å². The molecule has 1 aliphatic heterocycles. The molecule has 0 radical (unpaired) electrons. The van der Waals surface area contributed by atoms with Gasteiger partial charge in [-0.2, -0.15) is 0 Å². The summed E-state index contributed by atoms with van der Waals surface area (Å²) in [6.45, 7) is 5.32. The van der Waals surface area contributed by atoms with Crippen molar-refractivity contribution in [2.24, 2.45) is 34.5 Å². The summed E-state index contributed by atoms with van der Waals surface area (Å²) in [5.41, 5.74) is 1.18. The highest BCUT2D eigenvalue weighted by molar-refractivity contribution is 5.89. The summed E-state index contributed by atoms with van der Waals surface area (Å²) in [4.78, 5) is 35.2. The maximum atomic E-state index is 12.8. The lowest BCUT2D eigenvalue weighted by Gasteiger charge is -2.60. The van der Waals surface area contributed by atoms with Crippen molar-refractivity contribution < 1.29 is 9.59 Å². The Kier molecular flexibility index (Phi) is 5.37. The fraction of sp³-hybridized carbons (Fsp3) is 0.692. The van der Waals surface area contributed by atoms with Gasteiger partial charge in [0, 0.05) is 31.1 Å². The lowest BCUT2D eigenvalue weighted by atomic mass is 9.47. The molecule has 3 aliphatic carbocycles. The zero-order valence-corrected chi connectivity index (χ0v) is 19.6. The second kappa shape index (κ2) is 7.96. The van der Waals surface area contributed by atoms with Crippen LogP contribution in [0.15, 0.2) is 30.7 Å². The summed E-state index contributed by atoms with van der Waals surface area (Å²) in [5, 5.41) is 3.07. The molecule has 172 valence electrons. The van der Waals surface area contributed by atoms with Gasteiger partial charge in [-0.25, -0.2) is 9.97 Å². The zero-order valence-electron chi connectivity index (χ0n) is 19.6. The van der Waals surface area contributed by atoms with E-state index in [0.29, 0.717) is 42.7 Å². The number of nitrogens with one attached hydrogen (secondary N) is 1. The maximum absolute atomic E-state index is 12.8. The van der Waals surface area contributed by atoms with Gasteiger partial charge in [-0.05, 0) is 79.8 Å². The van der Waals surface area contributed by atoms with Crippen molar-refractivity contribution in [2.45, 2.75) is 71.4 Å². The quantitative estimate of drug-likeness (QED) is 0.780. The minimum Gasteiger partial charge on any atom is -0.350 e. The third-order valence-electron chi connectivity index (χ3n) is 9.87. The van der Waals surface area contributed by atoms with Crippen molar-refractivity contribution in [3.05, 3.63) is 36.4 Å². The van der Waals surface area contributed by atoms with E-state index in [-0.39, 0.29) is 22.6 Å². The van der Waals surface area contributed by atoms with Gasteiger partial charge in [0.25, 0.3) is 0 Å². The molecule has 1 N–H and O–H groups in total. The minimum absolute atomic E-state index is 0.0832. The number of hydrogen-bond acceptors (Lipinski definition) is 4. The number of nitrogens with zero attached hydrogens (tertiary/aromatic N) is 3. The number of likely N-dealkylation sites (N-methyl/N-ethyl adjacent to an activating group) is 1. The van der Waals surface area contributed by atoms with Crippen molar-refractivity contribution in [3.63, 3.8) is 0 Å². The number of fused-ring (bicyclic) bond motifs is 5. The van der Waals surface area contributed by atoms with Gasteiger partial charge in [-0.1, -0.05) is 19.9 Å². The molecule has 0 saturated heterocycles. The molecule has 6 nitrogen and oxygen atoms in total. The third-order valence-corrected chi connectivity index (χ3v) is 9.87. The molecule has 7 atom stereocenters. The van der Waals surface area contributed by atoms with Crippen LogP contribution >= 0.6 is 0 Å². The molecular formula is C26H36N4O2. The first-order chi connectivity index (χ1) is 15.3. The van der Waals surface area contributed by atoms with E-state index in [2.05, 4.69) is 35.2 Å². The second-order valence-corrected chi connectivity index (χ2v) is 11.1. The number of carbonyl (C=O) groups is 2. The van der Waals surface area contributed by atoms with Crippen LogP contribution in [0.2, 0.25) is 0 Å². The number of aromatic nitrogens is 2. The van der Waals surface area contributed by atoms with Gasteiger partial charge in [0.15, 0.2) is 0 Å². The molecular weight excluding hydrogens is 400 g/mol. The molecule has 1 aromatic rings. The van der Waals surface area contributed by atoms with Gasteiger partial charge >= 0.3 is 0 Å². The lowest BCUT2D eigenvalue weighted by molar-refractivity contribution is -0.139. The van der Waals surface area contributed by atoms with E-state index in [1.165, 1.54) is 32.0 Å². The van der Waals surface area contributed by atoms with Crippen LogP contribution in [0.1, 0.15) is 64.5 Å². The minimum atomic E-state index is 0.0832. The van der Waals surface area contributed by atoms with Gasteiger partial charge in [0.2, 0.25) is 11.8 Å². The van der Waals surface area contributed by atoms with Crippen molar-refractivity contribution in [1.29, 1.82) is 0 Å². The molecule has 2 amide bonds. The van der Waals surface area contributed by atoms with Crippen LogP contribution < -0.4 is 5.32 Å². The standard InChI is InChI=1S/C26H36N4O2/c1-25-11-8-21-19(5-7-22-26(21,2)12-9-24(32)30(22)3)20(25)6-4-17(25)14-23(31)28-15-18-10-13-27-16-29-18/h9-10,12-13,16-17,19-22H,4-8,11,14-15H2,1-3H3,(H,28,31)/t17?,19-,20-,21-,22+,25+,26+/m0/s1. The molecule has 5 rings (SSSR count). The van der Waals surface area contributed by atoms with E-state index in [1.54, 1.807) is 6.20 Å². The first-order valence-electron chi connectivity index (χ1n) is 12.3. The van der Waals surface area contributed by atoms with Gasteiger partial charge in [0.1, 0.15) is 6.33 Å². The van der Waals surface area contributed by atoms with Crippen molar-refractivity contribution in [1.82, 2.24) is 20.2 Å². The Labute approximate surface area is 191 Å². The van der Waals surface area contributed by atoms with Gasteiger partial charge in [-0.3, -0.25) is 9.59 Å². The van der Waals surface area contributed by atoms with Gasteiger partial charge in [0.05, 0.1) is 12.2 Å². The highest BCUT2D eigenvalue weighted by Gasteiger charge is 2.60. The summed E-state index contributed by atoms with van der Waals surface area (Å²) in [6.07, 6.45) is 15.0. The molecule has 32 heavy (non-hydrogen) atoms. The fourth-order valence-electron chi connectivity index (χ4n) is 8.09. The molecule has 6 heteroatoms. The Bertz CT molecular complexity index is 918. The molecule has 4 aliphatic rings. The fourth-order valence-corrected chi connectivity index (χ4v) is 8.09. The molecule has 3 fully saturated rings. The normalized spacial score (nSPS) is 40.4. The number of hydrogen-bond donors (Lipinski definition) is 1. The Morgan fingerprint density at radius 3 is 2.81 bits per heavy atom. The Balaban J connectivity index is 1.27. The predicted octanol–water partition coefficient (Wildman–Crippen LogP) is 3.74. The van der Waals surface area contributed by atoms with E-state index >= 15 is 0 Å². The molecule has 3 saturated carbocycles. The summed E-state index contributed by atoms with van der Waals surface area (Å²) in [6, 6.07) is 2.17. The average molecular weight is 437 g/mol. The topological polar surface area (TPSA) is 75.2 Å². The number of rotatable bonds is 4. The van der Waals surface area contributed by atoms with Crippen molar-refractivity contribution in [3.8, 4) is 0 Å². The average Bonchev–Trinajstić information content (AvgIpc) is 3.12. The first-order valence-corrected chi connectivity index (χ1v) is 12.3. The summed E-state index contributed by atoms with van der Waals surface area (Å²) in [7, 11) is 1.98. The monoisotopic (exact) mass is 436 g/mol. The number of amides is 2. The zero-order chi connectivity index (χ0) is 22.5. The van der Waals surface area contributed by atoms with E-state index in [0.717, 1.165) is 18.5 Å². The van der Waals surface area contributed by atoms with Gasteiger partial charge in [-0.15, -0.1) is 0 Å². The summed E-state index contributed by atoms with van der Waals surface area (Å²) >= 11 is 0. The first kappa shape index (κ1) is 21.6. The Morgan fingerprint density at radius 2 is 2.03 bits per heavy atom. The molecule has 2 heterocycles. The highest BCUT2D eigenvalue weighted by atomic mass is 16.2. The predicted molar refractivity (Wildman–Crippen MR) is 122 cm³/mol. The Hall–Kier alpha value is -2.24. The SMILES string of the molecule is CN1C(=O)C=C[C@]2(C)[C@H]3CC[C@]4(C)C(CC(=O)NCc5ccncn5)CC[C@H]4[C@@H]3CC[C@@H]12. The van der Waals surface area contributed by atoms with E-state index in [4.69, 9.17) is 0 Å². The molecule has 1 unspecified atom stereocenters. The summed E-state index contributed by atoms with van der Waals surface area (Å²) in [5.74, 6) is 2.78. The largest absolute Gasteiger partial charge is 0.350 e. The molecule has 0 bridgehead atoms. The van der Waals surface area contributed by atoms with Crippen LogP contribution in [0.25, 0.3) is 0 Å². The van der Waals surface area contributed by atoms with E-state index < -0.39 is 0 Å². The van der Waals surface area contributed by atoms with Crippen molar-refractivity contribution >= 4 is 11.8 Å². The summed E-state index contributed by atoms with van der Waals surface area (Å²) < 4.78 is 0. The molecule has 0 aromatic carbocycles. The second-order valence-electron chi connectivity index (χ2n) is 11.1. The number of carbonyl (C=O) groups excluding carboxylic acids is 2. The smallest absolute Gasteiger partial charge is 0.246 e.